The minimum absolute atomic E-state index is 0.845. The molecule has 0 unspecified atom stereocenters. The van der Waals surface area contributed by atoms with Crippen LogP contribution in [-0.2, 0) is 0 Å². The van der Waals surface area contributed by atoms with Crippen molar-refractivity contribution in [1.82, 2.24) is 30.1 Å². The molecule has 5 heterocycles. The van der Waals surface area contributed by atoms with Gasteiger partial charge >= 0.3 is 0 Å². The SMILES string of the molecule is C=C/C=C(/c1ccncc1)c1cc(-c2n[nH]c3cnc(-c4cncc(N(C)C)c4)cc23)[nH]c1C. The molecule has 0 aliphatic carbocycles. The van der Waals surface area contributed by atoms with E-state index < -0.39 is 0 Å². The zero-order valence-corrected chi connectivity index (χ0v) is 19.4. The lowest BCUT2D eigenvalue weighted by atomic mass is 9.98. The second-order valence-electron chi connectivity index (χ2n) is 8.29. The summed E-state index contributed by atoms with van der Waals surface area (Å²) in [4.78, 5) is 18.7. The highest BCUT2D eigenvalue weighted by molar-refractivity contribution is 5.95. The number of nitrogens with one attached hydrogen (secondary N) is 2. The number of aromatic nitrogens is 6. The summed E-state index contributed by atoms with van der Waals surface area (Å²) in [6.07, 6.45) is 12.9. The zero-order valence-electron chi connectivity index (χ0n) is 19.4. The van der Waals surface area contributed by atoms with Crippen molar-refractivity contribution in [2.45, 2.75) is 6.92 Å². The molecule has 168 valence electrons. The van der Waals surface area contributed by atoms with E-state index in [1.54, 1.807) is 18.5 Å². The van der Waals surface area contributed by atoms with Crippen molar-refractivity contribution in [3.63, 3.8) is 0 Å². The minimum Gasteiger partial charge on any atom is -0.376 e. The Morgan fingerprint density at radius 2 is 1.85 bits per heavy atom. The van der Waals surface area contributed by atoms with Gasteiger partial charge in [0.1, 0.15) is 5.69 Å². The van der Waals surface area contributed by atoms with Crippen LogP contribution in [0.1, 0.15) is 16.8 Å². The van der Waals surface area contributed by atoms with Crippen LogP contribution in [-0.4, -0.2) is 44.2 Å². The van der Waals surface area contributed by atoms with Crippen LogP contribution in [0.3, 0.4) is 0 Å². The fourth-order valence-corrected chi connectivity index (χ4v) is 4.05. The van der Waals surface area contributed by atoms with E-state index >= 15 is 0 Å². The first-order valence-electron chi connectivity index (χ1n) is 11.0. The molecule has 2 N–H and O–H groups in total. The number of hydrogen-bond donors (Lipinski definition) is 2. The molecule has 5 rings (SSSR count). The number of anilines is 1. The largest absolute Gasteiger partial charge is 0.376 e. The normalized spacial score (nSPS) is 11.7. The van der Waals surface area contributed by atoms with E-state index in [1.165, 1.54) is 0 Å². The number of fused-ring (bicyclic) bond motifs is 1. The molecule has 5 aromatic rings. The van der Waals surface area contributed by atoms with Gasteiger partial charge in [0.15, 0.2) is 0 Å². The first-order chi connectivity index (χ1) is 16.5. The predicted octanol–water partition coefficient (Wildman–Crippen LogP) is 5.40. The summed E-state index contributed by atoms with van der Waals surface area (Å²) >= 11 is 0. The molecule has 0 aromatic carbocycles. The summed E-state index contributed by atoms with van der Waals surface area (Å²) in [7, 11) is 4.00. The molecule has 0 spiro atoms. The summed E-state index contributed by atoms with van der Waals surface area (Å²) in [5, 5.41) is 8.72. The first kappa shape index (κ1) is 21.3. The van der Waals surface area contributed by atoms with E-state index in [1.807, 2.05) is 55.8 Å². The summed E-state index contributed by atoms with van der Waals surface area (Å²) in [6.45, 7) is 5.97. The zero-order chi connectivity index (χ0) is 23.7. The Morgan fingerprint density at radius 1 is 1.03 bits per heavy atom. The second kappa shape index (κ2) is 8.78. The Kier molecular flexibility index (Phi) is 5.51. The molecule has 7 heteroatoms. The smallest absolute Gasteiger partial charge is 0.116 e. The third-order valence-corrected chi connectivity index (χ3v) is 5.82. The molecular weight excluding hydrogens is 422 g/mol. The molecule has 34 heavy (non-hydrogen) atoms. The summed E-state index contributed by atoms with van der Waals surface area (Å²) < 4.78 is 0. The van der Waals surface area contributed by atoms with E-state index in [0.717, 1.165) is 61.6 Å². The molecule has 7 nitrogen and oxygen atoms in total. The highest BCUT2D eigenvalue weighted by atomic mass is 15.1. The number of pyridine rings is 3. The van der Waals surface area contributed by atoms with Gasteiger partial charge in [0.2, 0.25) is 0 Å². The van der Waals surface area contributed by atoms with Gasteiger partial charge < -0.3 is 9.88 Å². The fraction of sp³-hybridized carbons (Fsp3) is 0.111. The van der Waals surface area contributed by atoms with Crippen molar-refractivity contribution in [1.29, 1.82) is 0 Å². The van der Waals surface area contributed by atoms with E-state index in [-0.39, 0.29) is 0 Å². The van der Waals surface area contributed by atoms with Gasteiger partial charge in [0.05, 0.1) is 35.0 Å². The van der Waals surface area contributed by atoms with Gasteiger partial charge in [0.25, 0.3) is 0 Å². The maximum atomic E-state index is 4.63. The standard InChI is InChI=1S/C27H25N7/c1-5-6-21(18-7-9-28-10-8-18)22-12-25(31-17(22)2)27-23-13-24(30-16-26(23)32-33-27)19-11-20(34(3)4)15-29-14-19/h5-16,31H,1H2,2-4H3,(H,32,33)/b21-6-. The summed E-state index contributed by atoms with van der Waals surface area (Å²) in [5.41, 5.74) is 9.77. The fourth-order valence-electron chi connectivity index (χ4n) is 4.05. The van der Waals surface area contributed by atoms with Gasteiger partial charge in [-0.05, 0) is 48.4 Å². The van der Waals surface area contributed by atoms with Crippen molar-refractivity contribution in [3.8, 4) is 22.6 Å². The Hall–Kier alpha value is -4.52. The van der Waals surface area contributed by atoms with Crippen LogP contribution in [0.4, 0.5) is 5.69 Å². The third kappa shape index (κ3) is 3.88. The number of allylic oxidation sites excluding steroid dienone is 2. The van der Waals surface area contributed by atoms with E-state index in [9.17, 15) is 0 Å². The van der Waals surface area contributed by atoms with E-state index in [4.69, 9.17) is 0 Å². The molecule has 5 aromatic heterocycles. The number of nitrogens with zero attached hydrogens (tertiary/aromatic N) is 5. The topological polar surface area (TPSA) is 86.4 Å². The van der Waals surface area contributed by atoms with Gasteiger partial charge in [-0.2, -0.15) is 5.10 Å². The Morgan fingerprint density at radius 3 is 2.62 bits per heavy atom. The van der Waals surface area contributed by atoms with Crippen LogP contribution >= 0.6 is 0 Å². The lowest BCUT2D eigenvalue weighted by molar-refractivity contribution is 1.11. The van der Waals surface area contributed by atoms with Gasteiger partial charge in [-0.3, -0.25) is 20.1 Å². The second-order valence-corrected chi connectivity index (χ2v) is 8.29. The third-order valence-electron chi connectivity index (χ3n) is 5.82. The number of rotatable bonds is 6. The van der Waals surface area contributed by atoms with Crippen molar-refractivity contribution >= 4 is 22.2 Å². The molecular formula is C27H25N7. The average molecular weight is 448 g/mol. The lowest BCUT2D eigenvalue weighted by Gasteiger charge is -2.12. The quantitative estimate of drug-likeness (QED) is 0.340. The average Bonchev–Trinajstić information content (AvgIpc) is 3.46. The molecule has 0 bridgehead atoms. The maximum Gasteiger partial charge on any atom is 0.116 e. The molecule has 0 fully saturated rings. The highest BCUT2D eigenvalue weighted by Crippen LogP contribution is 2.33. The van der Waals surface area contributed by atoms with Crippen LogP contribution in [0.25, 0.3) is 39.1 Å². The minimum atomic E-state index is 0.845. The Balaban J connectivity index is 1.59. The highest BCUT2D eigenvalue weighted by Gasteiger charge is 2.17. The predicted molar refractivity (Wildman–Crippen MR) is 137 cm³/mol. The van der Waals surface area contributed by atoms with Crippen molar-refractivity contribution in [2.75, 3.05) is 19.0 Å². The monoisotopic (exact) mass is 447 g/mol. The maximum absolute atomic E-state index is 4.63. The Labute approximate surface area is 197 Å². The molecule has 0 saturated heterocycles. The van der Waals surface area contributed by atoms with Crippen LogP contribution in [0.2, 0.25) is 0 Å². The number of hydrogen-bond acceptors (Lipinski definition) is 5. The Bertz CT molecular complexity index is 1510. The first-order valence-corrected chi connectivity index (χ1v) is 11.0. The summed E-state index contributed by atoms with van der Waals surface area (Å²) in [6, 6.07) is 10.3. The van der Waals surface area contributed by atoms with Crippen LogP contribution in [0.5, 0.6) is 0 Å². The number of H-pyrrole nitrogens is 2. The number of aromatic amines is 2. The molecule has 0 radical (unpaired) electrons. The molecule has 0 aliphatic rings. The molecule has 0 amide bonds. The molecule has 0 saturated carbocycles. The van der Waals surface area contributed by atoms with Crippen LogP contribution < -0.4 is 4.90 Å². The van der Waals surface area contributed by atoms with Crippen molar-refractivity contribution < 1.29 is 0 Å². The molecule has 0 aliphatic heterocycles. The van der Waals surface area contributed by atoms with E-state index in [0.29, 0.717) is 0 Å². The van der Waals surface area contributed by atoms with Crippen molar-refractivity contribution in [3.05, 3.63) is 96.9 Å². The van der Waals surface area contributed by atoms with Crippen LogP contribution in [0.15, 0.2) is 80.0 Å². The van der Waals surface area contributed by atoms with Crippen molar-refractivity contribution in [2.24, 2.45) is 0 Å². The van der Waals surface area contributed by atoms with Gasteiger partial charge in [0, 0.05) is 54.9 Å². The number of aryl methyl sites for hydroxylation is 1. The van der Waals surface area contributed by atoms with E-state index in [2.05, 4.69) is 61.8 Å². The molecule has 0 atom stereocenters. The lowest BCUT2D eigenvalue weighted by Crippen LogP contribution is -2.08. The van der Waals surface area contributed by atoms with Gasteiger partial charge in [-0.1, -0.05) is 18.7 Å². The summed E-state index contributed by atoms with van der Waals surface area (Å²) in [5.74, 6) is 0. The van der Waals surface area contributed by atoms with Crippen LogP contribution in [0, 0.1) is 6.92 Å². The van der Waals surface area contributed by atoms with Gasteiger partial charge in [-0.25, -0.2) is 0 Å². The van der Waals surface area contributed by atoms with Gasteiger partial charge in [-0.15, -0.1) is 0 Å².